The molecule has 0 fully saturated rings. The fraction of sp³-hybridized carbons (Fsp3) is 0.333. The van der Waals surface area contributed by atoms with E-state index < -0.39 is 6.29 Å². The summed E-state index contributed by atoms with van der Waals surface area (Å²) in [5, 5.41) is 8.26. The molecule has 1 N–H and O–H groups in total. The Bertz CT molecular complexity index is 50.5. The van der Waals surface area contributed by atoms with E-state index in [9.17, 15) is 0 Å². The van der Waals surface area contributed by atoms with Gasteiger partial charge in [0.15, 0.2) is 6.29 Å². The van der Waals surface area contributed by atoms with Crippen LogP contribution < -0.4 is 0 Å². The van der Waals surface area contributed by atoms with Gasteiger partial charge in [0.1, 0.15) is 0 Å². The zero-order valence-electron chi connectivity index (χ0n) is 5.13. The van der Waals surface area contributed by atoms with E-state index in [1.165, 1.54) is 13.2 Å². The van der Waals surface area contributed by atoms with Gasteiger partial charge in [-0.1, -0.05) is 6.58 Å². The zero-order valence-corrected chi connectivity index (χ0v) is 5.13. The van der Waals surface area contributed by atoms with Crippen LogP contribution in [0.4, 0.5) is 0 Å². The van der Waals surface area contributed by atoms with Crippen molar-refractivity contribution in [2.75, 3.05) is 0 Å². The molecule has 2 heteroatoms. The molecule has 0 aliphatic rings. The molecular weight excluding hydrogens is 104 g/mol. The number of aliphatic hydroxyl groups is 1. The lowest BCUT2D eigenvalue weighted by Gasteiger charge is -1.98. The highest BCUT2D eigenvalue weighted by molar-refractivity contribution is 4.47. The van der Waals surface area contributed by atoms with E-state index in [1.807, 2.05) is 0 Å². The minimum absolute atomic E-state index is 0.720. The van der Waals surface area contributed by atoms with Crippen LogP contribution >= 0.6 is 0 Å². The van der Waals surface area contributed by atoms with Crippen LogP contribution in [0.25, 0.3) is 0 Å². The van der Waals surface area contributed by atoms with Crippen molar-refractivity contribution in [3.63, 3.8) is 0 Å². The highest BCUT2D eigenvalue weighted by Crippen LogP contribution is 1.79. The lowest BCUT2D eigenvalue weighted by molar-refractivity contribution is -0.0345. The SMILES string of the molecule is C=C.C=COC(C)O. The minimum atomic E-state index is -0.720. The van der Waals surface area contributed by atoms with E-state index in [1.54, 1.807) is 0 Å². The lowest BCUT2D eigenvalue weighted by atomic mass is 10.8. The average molecular weight is 116 g/mol. The highest BCUT2D eigenvalue weighted by atomic mass is 16.6. The van der Waals surface area contributed by atoms with Crippen molar-refractivity contribution in [2.24, 2.45) is 0 Å². The summed E-state index contributed by atoms with van der Waals surface area (Å²) in [6.07, 6.45) is 0.479. The molecule has 0 saturated carbocycles. The number of aliphatic hydroxyl groups excluding tert-OH is 1. The van der Waals surface area contributed by atoms with E-state index >= 15 is 0 Å². The Morgan fingerprint density at radius 2 is 2.00 bits per heavy atom. The van der Waals surface area contributed by atoms with Crippen LogP contribution in [0.2, 0.25) is 0 Å². The van der Waals surface area contributed by atoms with Crippen LogP contribution in [-0.2, 0) is 4.74 Å². The van der Waals surface area contributed by atoms with Gasteiger partial charge in [-0.3, -0.25) is 0 Å². The summed E-state index contributed by atoms with van der Waals surface area (Å²) in [7, 11) is 0. The third-order valence-corrected chi connectivity index (χ3v) is 0.293. The Morgan fingerprint density at radius 1 is 1.62 bits per heavy atom. The molecule has 0 aliphatic carbocycles. The molecule has 1 atom stereocenters. The van der Waals surface area contributed by atoms with E-state index in [-0.39, 0.29) is 0 Å². The van der Waals surface area contributed by atoms with Gasteiger partial charge in [0.05, 0.1) is 6.26 Å². The van der Waals surface area contributed by atoms with Gasteiger partial charge in [0.2, 0.25) is 0 Å². The first-order valence-corrected chi connectivity index (χ1v) is 2.22. The summed E-state index contributed by atoms with van der Waals surface area (Å²) >= 11 is 0. The van der Waals surface area contributed by atoms with Gasteiger partial charge < -0.3 is 9.84 Å². The first-order chi connectivity index (χ1) is 3.77. The predicted octanol–water partition coefficient (Wildman–Crippen LogP) is 1.29. The molecule has 0 radical (unpaired) electrons. The molecule has 1 unspecified atom stereocenters. The van der Waals surface area contributed by atoms with Gasteiger partial charge in [-0.05, 0) is 6.92 Å². The van der Waals surface area contributed by atoms with E-state index in [0.29, 0.717) is 0 Å². The predicted molar refractivity (Wildman–Crippen MR) is 34.2 cm³/mol. The van der Waals surface area contributed by atoms with Gasteiger partial charge in [-0.25, -0.2) is 0 Å². The van der Waals surface area contributed by atoms with Crippen molar-refractivity contribution in [1.82, 2.24) is 0 Å². The maximum absolute atomic E-state index is 8.26. The number of rotatable bonds is 2. The number of ether oxygens (including phenoxy) is 1. The summed E-state index contributed by atoms with van der Waals surface area (Å²) in [6.45, 7) is 10.7. The average Bonchev–Trinajstić information content (AvgIpc) is 1.72. The third kappa shape index (κ3) is 18.8. The Kier molecular flexibility index (Phi) is 12.2. The first-order valence-electron chi connectivity index (χ1n) is 2.22. The summed E-state index contributed by atoms with van der Waals surface area (Å²) in [6, 6.07) is 0. The fourth-order valence-electron chi connectivity index (χ4n) is 0.139. The fourth-order valence-corrected chi connectivity index (χ4v) is 0.139. The molecule has 2 nitrogen and oxygen atoms in total. The molecule has 0 aromatic heterocycles. The normalized spacial score (nSPS) is 10.2. The van der Waals surface area contributed by atoms with E-state index in [4.69, 9.17) is 5.11 Å². The maximum Gasteiger partial charge on any atom is 0.193 e. The second kappa shape index (κ2) is 9.53. The Balaban J connectivity index is 0. The van der Waals surface area contributed by atoms with Crippen molar-refractivity contribution in [2.45, 2.75) is 13.2 Å². The van der Waals surface area contributed by atoms with E-state index in [2.05, 4.69) is 24.5 Å². The monoisotopic (exact) mass is 116 g/mol. The topological polar surface area (TPSA) is 29.5 Å². The molecule has 0 bridgehead atoms. The zero-order chi connectivity index (χ0) is 6.99. The summed E-state index contributed by atoms with van der Waals surface area (Å²) < 4.78 is 4.36. The molecule has 0 aromatic carbocycles. The third-order valence-electron chi connectivity index (χ3n) is 0.293. The summed E-state index contributed by atoms with van der Waals surface area (Å²) in [5.41, 5.74) is 0. The molecule has 0 amide bonds. The number of hydrogen-bond donors (Lipinski definition) is 1. The van der Waals surface area contributed by atoms with Crippen LogP contribution in [0.15, 0.2) is 26.0 Å². The smallest absolute Gasteiger partial charge is 0.193 e. The molecule has 0 heterocycles. The number of hydrogen-bond acceptors (Lipinski definition) is 2. The molecule has 0 rings (SSSR count). The van der Waals surface area contributed by atoms with Gasteiger partial charge in [-0.2, -0.15) is 0 Å². The first kappa shape index (κ1) is 10.3. The van der Waals surface area contributed by atoms with Crippen LogP contribution in [0.1, 0.15) is 6.92 Å². The Hall–Kier alpha value is -0.760. The highest BCUT2D eigenvalue weighted by Gasteiger charge is 1.82. The quantitative estimate of drug-likeness (QED) is 0.334. The van der Waals surface area contributed by atoms with Crippen LogP contribution in [0.5, 0.6) is 0 Å². The molecular formula is C6H12O2. The van der Waals surface area contributed by atoms with Gasteiger partial charge in [-0.15, -0.1) is 13.2 Å². The Morgan fingerprint density at radius 3 is 2.00 bits per heavy atom. The van der Waals surface area contributed by atoms with Gasteiger partial charge in [0.25, 0.3) is 0 Å². The maximum atomic E-state index is 8.26. The van der Waals surface area contributed by atoms with Gasteiger partial charge in [0, 0.05) is 0 Å². The van der Waals surface area contributed by atoms with Crippen molar-refractivity contribution in [1.29, 1.82) is 0 Å². The second-order valence-electron chi connectivity index (χ2n) is 0.902. The molecule has 48 valence electrons. The molecule has 0 aromatic rings. The van der Waals surface area contributed by atoms with E-state index in [0.717, 1.165) is 0 Å². The van der Waals surface area contributed by atoms with Crippen LogP contribution in [-0.4, -0.2) is 11.4 Å². The molecule has 0 aliphatic heterocycles. The van der Waals surface area contributed by atoms with Crippen molar-refractivity contribution >= 4 is 0 Å². The molecule has 8 heavy (non-hydrogen) atoms. The minimum Gasteiger partial charge on any atom is -0.474 e. The van der Waals surface area contributed by atoms with Crippen LogP contribution in [0, 0.1) is 0 Å². The van der Waals surface area contributed by atoms with Crippen molar-refractivity contribution in [3.8, 4) is 0 Å². The largest absolute Gasteiger partial charge is 0.474 e. The summed E-state index contributed by atoms with van der Waals surface area (Å²) in [4.78, 5) is 0. The Labute approximate surface area is 50.1 Å². The standard InChI is InChI=1S/C4H8O2.C2H4/c1-3-6-4(2)5;1-2/h3-5H,1H2,2H3;1-2H2. The van der Waals surface area contributed by atoms with Gasteiger partial charge >= 0.3 is 0 Å². The van der Waals surface area contributed by atoms with Crippen molar-refractivity contribution < 1.29 is 9.84 Å². The second-order valence-corrected chi connectivity index (χ2v) is 0.902. The van der Waals surface area contributed by atoms with Crippen LogP contribution in [0.3, 0.4) is 0 Å². The molecule has 0 saturated heterocycles. The lowest BCUT2D eigenvalue weighted by Crippen LogP contribution is -1.98. The van der Waals surface area contributed by atoms with Crippen molar-refractivity contribution in [3.05, 3.63) is 26.0 Å². The summed E-state index contributed by atoms with van der Waals surface area (Å²) in [5.74, 6) is 0. The molecule has 0 spiro atoms.